The van der Waals surface area contributed by atoms with E-state index in [1.54, 1.807) is 37.7 Å². The van der Waals surface area contributed by atoms with Crippen LogP contribution in [0.1, 0.15) is 50.7 Å². The Kier molecular flexibility index (Phi) is 12.1. The monoisotopic (exact) mass is 754 g/mol. The fourth-order valence-electron chi connectivity index (χ4n) is 6.20. The van der Waals surface area contributed by atoms with E-state index in [0.29, 0.717) is 56.0 Å². The number of carbonyl (C=O) groups is 2. The zero-order valence-electron chi connectivity index (χ0n) is 30.7. The first-order valence-electron chi connectivity index (χ1n) is 17.7. The number of piperazine rings is 1. The lowest BCUT2D eigenvalue weighted by Crippen LogP contribution is -2.47. The molecule has 14 heteroatoms. The maximum Gasteiger partial charge on any atom is 0.416 e. The first-order valence-corrected chi connectivity index (χ1v) is 17.7. The van der Waals surface area contributed by atoms with Crippen molar-refractivity contribution >= 4 is 28.6 Å². The molecule has 3 aromatic carbocycles. The number of aromatic nitrogens is 3. The van der Waals surface area contributed by atoms with Gasteiger partial charge in [-0.2, -0.15) is 18.3 Å². The van der Waals surface area contributed by atoms with Crippen molar-refractivity contribution in [1.29, 1.82) is 0 Å². The van der Waals surface area contributed by atoms with Gasteiger partial charge in [-0.25, -0.2) is 14.5 Å². The Morgan fingerprint density at radius 3 is 2.40 bits per heavy atom. The number of alkyl halides is 3. The fraction of sp³-hybridized carbons (Fsp3) is 0.317. The maximum absolute atomic E-state index is 14.3. The second-order valence-electron chi connectivity index (χ2n) is 13.4. The Morgan fingerprint density at radius 2 is 1.69 bits per heavy atom. The molecule has 2 N–H and O–H groups in total. The first-order chi connectivity index (χ1) is 26.4. The first kappa shape index (κ1) is 39.0. The number of ether oxygens (including phenoxy) is 2. The molecule has 55 heavy (non-hydrogen) atoms. The van der Waals surface area contributed by atoms with Crippen LogP contribution in [0.2, 0.25) is 0 Å². The topological polar surface area (TPSA) is 122 Å². The van der Waals surface area contributed by atoms with Crippen LogP contribution in [0.15, 0.2) is 79.1 Å². The third-order valence-corrected chi connectivity index (χ3v) is 9.46. The van der Waals surface area contributed by atoms with Gasteiger partial charge >= 0.3 is 12.1 Å². The van der Waals surface area contributed by atoms with Crippen LogP contribution >= 0.6 is 0 Å². The third kappa shape index (κ3) is 10.1. The molecular weight excluding hydrogens is 713 g/mol. The number of benzene rings is 3. The molecule has 1 amide bonds. The van der Waals surface area contributed by atoms with E-state index in [1.165, 1.54) is 19.1 Å². The van der Waals surface area contributed by atoms with Crippen LogP contribution in [0.5, 0.6) is 5.75 Å². The second kappa shape index (κ2) is 17.2. The molecule has 1 saturated heterocycles. The minimum atomic E-state index is -4.63. The van der Waals surface area contributed by atoms with Crippen LogP contribution < -0.4 is 10.1 Å². The van der Waals surface area contributed by atoms with E-state index in [4.69, 9.17) is 14.6 Å². The van der Waals surface area contributed by atoms with Crippen LogP contribution in [0.4, 0.5) is 18.9 Å². The average molecular weight is 755 g/mol. The third-order valence-electron chi connectivity index (χ3n) is 9.46. The van der Waals surface area contributed by atoms with Crippen molar-refractivity contribution in [2.24, 2.45) is 0 Å². The average Bonchev–Trinajstić information content (AvgIpc) is 3.57. The van der Waals surface area contributed by atoms with E-state index in [-0.39, 0.29) is 30.0 Å². The molecule has 286 valence electrons. The highest BCUT2D eigenvalue weighted by Crippen LogP contribution is 2.35. The number of nitrogens with one attached hydrogen (secondary N) is 1. The number of carboxylic acid groups (broad SMARTS) is 1. The zero-order valence-corrected chi connectivity index (χ0v) is 30.7. The summed E-state index contributed by atoms with van der Waals surface area (Å²) in [6.07, 6.45) is -2.13. The van der Waals surface area contributed by atoms with E-state index in [9.17, 15) is 22.8 Å². The summed E-state index contributed by atoms with van der Waals surface area (Å²) in [5.41, 5.74) is 3.43. The van der Waals surface area contributed by atoms with Crippen LogP contribution in [-0.2, 0) is 28.8 Å². The van der Waals surface area contributed by atoms with Gasteiger partial charge in [0.15, 0.2) is 11.8 Å². The number of anilines is 1. The van der Waals surface area contributed by atoms with Crippen molar-refractivity contribution in [3.8, 4) is 17.6 Å². The van der Waals surface area contributed by atoms with Gasteiger partial charge in [-0.15, -0.1) is 0 Å². The predicted octanol–water partition coefficient (Wildman–Crippen LogP) is 6.07. The van der Waals surface area contributed by atoms with E-state index >= 15 is 0 Å². The number of carbonyl (C=O) groups excluding carboxylic acids is 1. The lowest BCUT2D eigenvalue weighted by atomic mass is 10.0. The quantitative estimate of drug-likeness (QED) is 0.146. The van der Waals surface area contributed by atoms with Gasteiger partial charge in [-0.05, 0) is 73.0 Å². The number of aliphatic carboxylic acids is 1. The zero-order chi connectivity index (χ0) is 39.1. The Balaban J connectivity index is 1.09. The molecule has 3 heterocycles. The van der Waals surface area contributed by atoms with Gasteiger partial charge in [0.25, 0.3) is 5.91 Å². The highest BCUT2D eigenvalue weighted by atomic mass is 19.4. The number of amides is 1. The Labute approximate surface area is 316 Å². The standard InChI is InChI=1S/C41H41F3N6O5/c1-27-4-8-32(21-31(27)9-5-30-20-34-24-46-50(38(34)45-23-30)25-29-6-12-36(54-3)13-7-29)39(51)47-35-11-10-33(37(22-35)41(42,43)44)26-49-16-14-48(15-17-49)18-19-55-28(2)40(52)53/h4,6-8,10-13,20-24,28H,14-19,25-26H2,1-3H3,(H,47,51)(H,52,53). The second-order valence-corrected chi connectivity index (χ2v) is 13.4. The van der Waals surface area contributed by atoms with Crippen LogP contribution in [0.25, 0.3) is 11.0 Å². The number of aryl methyl sites for hydroxylation is 1. The number of methoxy groups -OCH3 is 1. The van der Waals surface area contributed by atoms with Crippen LogP contribution in [0, 0.1) is 18.8 Å². The van der Waals surface area contributed by atoms with Crippen molar-refractivity contribution in [1.82, 2.24) is 24.6 Å². The predicted molar refractivity (Wildman–Crippen MR) is 201 cm³/mol. The smallest absolute Gasteiger partial charge is 0.416 e. The molecule has 1 aliphatic heterocycles. The largest absolute Gasteiger partial charge is 0.497 e. The lowest BCUT2D eigenvalue weighted by Gasteiger charge is -2.35. The number of fused-ring (bicyclic) bond motifs is 1. The van der Waals surface area contributed by atoms with Crippen molar-refractivity contribution in [2.45, 2.75) is 39.2 Å². The Morgan fingerprint density at radius 1 is 0.945 bits per heavy atom. The van der Waals surface area contributed by atoms with E-state index < -0.39 is 29.7 Å². The highest BCUT2D eigenvalue weighted by molar-refractivity contribution is 6.04. The summed E-state index contributed by atoms with van der Waals surface area (Å²) in [6.45, 7) is 7.08. The summed E-state index contributed by atoms with van der Waals surface area (Å²) in [4.78, 5) is 32.8. The van der Waals surface area contributed by atoms with Gasteiger partial charge in [0.05, 0.1) is 32.0 Å². The Bertz CT molecular complexity index is 2220. The normalized spacial score (nSPS) is 14.3. The number of rotatable bonds is 12. The molecule has 1 unspecified atom stereocenters. The molecule has 0 saturated carbocycles. The van der Waals surface area contributed by atoms with Crippen molar-refractivity contribution in [3.63, 3.8) is 0 Å². The highest BCUT2D eigenvalue weighted by Gasteiger charge is 2.34. The molecule has 11 nitrogen and oxygen atoms in total. The summed E-state index contributed by atoms with van der Waals surface area (Å²) >= 11 is 0. The molecule has 1 fully saturated rings. The Hall–Kier alpha value is -5.75. The lowest BCUT2D eigenvalue weighted by molar-refractivity contribution is -0.149. The van der Waals surface area contributed by atoms with Crippen LogP contribution in [-0.4, -0.2) is 94.1 Å². The minimum Gasteiger partial charge on any atom is -0.497 e. The number of halogens is 3. The molecular formula is C41H41F3N6O5. The van der Waals surface area contributed by atoms with Gasteiger partial charge in [-0.3, -0.25) is 14.6 Å². The number of pyridine rings is 1. The van der Waals surface area contributed by atoms with Gasteiger partial charge in [-0.1, -0.05) is 36.1 Å². The molecule has 1 atom stereocenters. The summed E-state index contributed by atoms with van der Waals surface area (Å²) in [5, 5.41) is 16.9. The van der Waals surface area contributed by atoms with E-state index in [1.807, 2.05) is 46.8 Å². The molecule has 0 spiro atoms. The number of nitrogens with zero attached hydrogens (tertiary/aromatic N) is 5. The SMILES string of the molecule is COc1ccc(Cn2ncc3cc(C#Cc4cc(C(=O)Nc5ccc(CN6CCN(CCOC(C)C(=O)O)CC6)c(C(F)(F)F)c5)ccc4C)cnc32)cc1. The molecule has 2 aromatic heterocycles. The maximum atomic E-state index is 14.3. The van der Waals surface area contributed by atoms with Crippen molar-refractivity contribution < 1.29 is 37.3 Å². The van der Waals surface area contributed by atoms with Gasteiger partial charge in [0.2, 0.25) is 0 Å². The summed E-state index contributed by atoms with van der Waals surface area (Å²) in [5.74, 6) is 5.41. The molecule has 5 aromatic rings. The number of hydrogen-bond acceptors (Lipinski definition) is 8. The van der Waals surface area contributed by atoms with Crippen molar-refractivity contribution in [3.05, 3.63) is 118 Å². The van der Waals surface area contributed by atoms with Crippen molar-refractivity contribution in [2.75, 3.05) is 51.8 Å². The summed E-state index contributed by atoms with van der Waals surface area (Å²) in [7, 11) is 1.62. The molecule has 0 aliphatic carbocycles. The van der Waals surface area contributed by atoms with Gasteiger partial charge < -0.3 is 19.9 Å². The molecule has 6 rings (SSSR count). The summed E-state index contributed by atoms with van der Waals surface area (Å²) < 4.78 is 55.1. The van der Waals surface area contributed by atoms with Crippen LogP contribution in [0.3, 0.4) is 0 Å². The van der Waals surface area contributed by atoms with E-state index in [0.717, 1.165) is 28.3 Å². The fourth-order valence-corrected chi connectivity index (χ4v) is 6.20. The number of carboxylic acids is 1. The summed E-state index contributed by atoms with van der Waals surface area (Å²) in [6, 6.07) is 18.5. The molecule has 1 aliphatic rings. The van der Waals surface area contributed by atoms with Gasteiger partial charge in [0.1, 0.15) is 5.75 Å². The molecule has 0 bridgehead atoms. The van der Waals surface area contributed by atoms with E-state index in [2.05, 4.69) is 32.1 Å². The van der Waals surface area contributed by atoms with Gasteiger partial charge in [0, 0.05) is 73.2 Å². The minimum absolute atomic E-state index is 0.0293. The molecule has 0 radical (unpaired) electrons. The number of hydrogen-bond donors (Lipinski definition) is 2.